The normalized spacial score (nSPS) is 11.3. The number of aromatic nitrogens is 4. The summed E-state index contributed by atoms with van der Waals surface area (Å²) >= 11 is 2.96. The zero-order chi connectivity index (χ0) is 26.6. The van der Waals surface area contributed by atoms with Gasteiger partial charge in [0.15, 0.2) is 16.8 Å². The van der Waals surface area contributed by atoms with Gasteiger partial charge in [-0.05, 0) is 61.2 Å². The number of ether oxygens (including phenoxy) is 1. The molecule has 5 aromatic rings. The van der Waals surface area contributed by atoms with Crippen molar-refractivity contribution >= 4 is 28.9 Å². The van der Waals surface area contributed by atoms with Gasteiger partial charge in [-0.15, -0.1) is 21.5 Å². The number of halogens is 2. The number of nitrogens with zero attached hydrogens (tertiary/aromatic N) is 4. The van der Waals surface area contributed by atoms with Crippen molar-refractivity contribution in [3.63, 3.8) is 0 Å². The van der Waals surface area contributed by atoms with Gasteiger partial charge in [0.2, 0.25) is 0 Å². The second-order valence-electron chi connectivity index (χ2n) is 8.56. The first-order valence-corrected chi connectivity index (χ1v) is 13.7. The lowest BCUT2D eigenvalue weighted by Crippen LogP contribution is -2.08. The van der Waals surface area contributed by atoms with Crippen molar-refractivity contribution in [2.75, 3.05) is 5.75 Å². The first kappa shape index (κ1) is 25.9. The monoisotopic (exact) mass is 550 g/mol. The van der Waals surface area contributed by atoms with Gasteiger partial charge >= 0.3 is 6.61 Å². The molecule has 0 N–H and O–H groups in total. The predicted molar refractivity (Wildman–Crippen MR) is 146 cm³/mol. The third-order valence-electron chi connectivity index (χ3n) is 6.03. The molecule has 0 aliphatic rings. The maximum Gasteiger partial charge on any atom is 0.387 e. The van der Waals surface area contributed by atoms with Crippen LogP contribution in [0.1, 0.15) is 27.3 Å². The number of aryl methyl sites for hydroxylation is 1. The number of alkyl halides is 2. The quantitative estimate of drug-likeness (QED) is 0.138. The zero-order valence-electron chi connectivity index (χ0n) is 20.7. The smallest absolute Gasteiger partial charge is 0.387 e. The van der Waals surface area contributed by atoms with Gasteiger partial charge < -0.3 is 9.30 Å². The van der Waals surface area contributed by atoms with E-state index in [-0.39, 0.29) is 17.3 Å². The second kappa shape index (κ2) is 11.3. The fourth-order valence-corrected chi connectivity index (χ4v) is 5.86. The van der Waals surface area contributed by atoms with E-state index >= 15 is 0 Å². The van der Waals surface area contributed by atoms with Crippen LogP contribution >= 0.6 is 23.1 Å². The van der Waals surface area contributed by atoms with Crippen molar-refractivity contribution in [1.82, 2.24) is 19.3 Å². The van der Waals surface area contributed by atoms with Gasteiger partial charge in [-0.25, -0.2) is 0 Å². The minimum Gasteiger partial charge on any atom is -0.435 e. The van der Waals surface area contributed by atoms with Crippen molar-refractivity contribution in [3.8, 4) is 22.1 Å². The third-order valence-corrected chi connectivity index (χ3v) is 7.86. The summed E-state index contributed by atoms with van der Waals surface area (Å²) in [5.41, 5.74) is 4.13. The van der Waals surface area contributed by atoms with E-state index in [1.807, 2.05) is 64.8 Å². The highest BCUT2D eigenvalue weighted by atomic mass is 32.2. The molecule has 194 valence electrons. The number of hydrogen-bond donors (Lipinski definition) is 0. The van der Waals surface area contributed by atoms with E-state index < -0.39 is 6.61 Å². The SMILES string of the molecule is Cc1cc(C(=O)CSc2nnc(-c3cccs3)n2Cc2ccccc2)c(C)n1-c1ccc(OC(F)F)cc1. The Bertz CT molecular complexity index is 1530. The molecule has 0 atom stereocenters. The summed E-state index contributed by atoms with van der Waals surface area (Å²) in [5, 5.41) is 11.5. The lowest BCUT2D eigenvalue weighted by molar-refractivity contribution is -0.0498. The molecule has 0 unspecified atom stereocenters. The van der Waals surface area contributed by atoms with Crippen LogP contribution < -0.4 is 4.74 Å². The van der Waals surface area contributed by atoms with Crippen LogP contribution in [-0.4, -0.2) is 37.5 Å². The number of rotatable bonds is 10. The van der Waals surface area contributed by atoms with Crippen LogP contribution in [0.3, 0.4) is 0 Å². The molecule has 3 heterocycles. The van der Waals surface area contributed by atoms with Crippen LogP contribution in [0, 0.1) is 13.8 Å². The highest BCUT2D eigenvalue weighted by Crippen LogP contribution is 2.30. The summed E-state index contributed by atoms with van der Waals surface area (Å²) < 4.78 is 33.4. The van der Waals surface area contributed by atoms with Crippen molar-refractivity contribution in [2.24, 2.45) is 0 Å². The minimum atomic E-state index is -2.88. The highest BCUT2D eigenvalue weighted by molar-refractivity contribution is 7.99. The predicted octanol–water partition coefficient (Wildman–Crippen LogP) is 7.04. The molecule has 5 rings (SSSR count). The molecule has 0 amide bonds. The Kier molecular flexibility index (Phi) is 7.71. The van der Waals surface area contributed by atoms with E-state index in [0.29, 0.717) is 17.3 Å². The number of hydrogen-bond acceptors (Lipinski definition) is 6. The molecule has 0 saturated carbocycles. The standard InChI is InChI=1S/C28H24F2N4O2S2/c1-18-15-23(19(2)34(18)21-10-12-22(13-11-21)36-27(29)30)24(35)17-38-28-32-31-26(25-9-6-14-37-25)33(28)16-20-7-4-3-5-8-20/h3-15,27H,16-17H2,1-2H3. The first-order valence-electron chi connectivity index (χ1n) is 11.8. The summed E-state index contributed by atoms with van der Waals surface area (Å²) in [6.45, 7) is 1.50. The number of Topliss-reactive ketones (excluding diaryl/α,β-unsaturated/α-hetero) is 1. The molecule has 0 bridgehead atoms. The van der Waals surface area contributed by atoms with Crippen LogP contribution in [0.25, 0.3) is 16.4 Å². The molecule has 3 aromatic heterocycles. The summed E-state index contributed by atoms with van der Waals surface area (Å²) in [4.78, 5) is 14.3. The molecule has 0 aliphatic heterocycles. The maximum absolute atomic E-state index is 13.3. The average molecular weight is 551 g/mol. The molecular formula is C28H24F2N4O2S2. The van der Waals surface area contributed by atoms with E-state index in [1.54, 1.807) is 23.5 Å². The van der Waals surface area contributed by atoms with Gasteiger partial charge in [-0.3, -0.25) is 9.36 Å². The molecule has 2 aromatic carbocycles. The van der Waals surface area contributed by atoms with E-state index in [0.717, 1.165) is 33.3 Å². The maximum atomic E-state index is 13.3. The van der Waals surface area contributed by atoms with E-state index in [2.05, 4.69) is 27.1 Å². The molecular weight excluding hydrogens is 526 g/mol. The molecule has 38 heavy (non-hydrogen) atoms. The number of ketones is 1. The van der Waals surface area contributed by atoms with E-state index in [9.17, 15) is 13.6 Å². The van der Waals surface area contributed by atoms with Gasteiger partial charge in [0.05, 0.1) is 17.2 Å². The van der Waals surface area contributed by atoms with Crippen LogP contribution in [0.5, 0.6) is 5.75 Å². The topological polar surface area (TPSA) is 61.9 Å². The van der Waals surface area contributed by atoms with Gasteiger partial charge in [0.25, 0.3) is 0 Å². The van der Waals surface area contributed by atoms with Crippen molar-refractivity contribution < 1.29 is 18.3 Å². The van der Waals surface area contributed by atoms with Crippen LogP contribution in [0.2, 0.25) is 0 Å². The highest BCUT2D eigenvalue weighted by Gasteiger charge is 2.20. The summed E-state index contributed by atoms with van der Waals surface area (Å²) in [6.07, 6.45) is 0. The second-order valence-corrected chi connectivity index (χ2v) is 10.4. The van der Waals surface area contributed by atoms with Crippen molar-refractivity contribution in [2.45, 2.75) is 32.2 Å². The fourth-order valence-electron chi connectivity index (χ4n) is 4.32. The largest absolute Gasteiger partial charge is 0.435 e. The minimum absolute atomic E-state index is 0.0288. The van der Waals surface area contributed by atoms with Gasteiger partial charge in [-0.2, -0.15) is 8.78 Å². The molecule has 10 heteroatoms. The molecule has 6 nitrogen and oxygen atoms in total. The number of thiophene rings is 1. The Morgan fingerprint density at radius 2 is 1.79 bits per heavy atom. The molecule has 0 spiro atoms. The number of thioether (sulfide) groups is 1. The lowest BCUT2D eigenvalue weighted by atomic mass is 10.2. The van der Waals surface area contributed by atoms with Crippen molar-refractivity contribution in [3.05, 3.63) is 101 Å². The lowest BCUT2D eigenvalue weighted by Gasteiger charge is -2.11. The fraction of sp³-hybridized carbons (Fsp3) is 0.179. The average Bonchev–Trinajstić information content (AvgIpc) is 3.63. The van der Waals surface area contributed by atoms with E-state index in [1.165, 1.54) is 23.9 Å². The number of carbonyl (C=O) groups is 1. The van der Waals surface area contributed by atoms with Gasteiger partial charge in [0.1, 0.15) is 5.75 Å². The Morgan fingerprint density at radius 1 is 1.03 bits per heavy atom. The van der Waals surface area contributed by atoms with Gasteiger partial charge in [0, 0.05) is 22.6 Å². The Balaban J connectivity index is 1.36. The van der Waals surface area contributed by atoms with Crippen LogP contribution in [0.15, 0.2) is 83.3 Å². The van der Waals surface area contributed by atoms with Crippen LogP contribution in [0.4, 0.5) is 8.78 Å². The molecule has 0 aliphatic carbocycles. The first-order chi connectivity index (χ1) is 18.4. The summed E-state index contributed by atoms with van der Waals surface area (Å²) in [6, 6.07) is 22.3. The van der Waals surface area contributed by atoms with E-state index in [4.69, 9.17) is 0 Å². The Labute approximate surface area is 226 Å². The summed E-state index contributed by atoms with van der Waals surface area (Å²) in [5.74, 6) is 1.03. The van der Waals surface area contributed by atoms with Crippen molar-refractivity contribution in [1.29, 1.82) is 0 Å². The van der Waals surface area contributed by atoms with Gasteiger partial charge in [-0.1, -0.05) is 48.2 Å². The molecule has 0 fully saturated rings. The Hall–Kier alpha value is -3.76. The summed E-state index contributed by atoms with van der Waals surface area (Å²) in [7, 11) is 0. The number of benzene rings is 2. The zero-order valence-corrected chi connectivity index (χ0v) is 22.3. The molecule has 0 radical (unpaired) electrons. The third kappa shape index (κ3) is 5.56. The Morgan fingerprint density at radius 3 is 2.47 bits per heavy atom. The number of carbonyl (C=O) groups excluding carboxylic acids is 1. The van der Waals surface area contributed by atoms with Crippen LogP contribution in [-0.2, 0) is 6.54 Å². The molecule has 0 saturated heterocycles.